The summed E-state index contributed by atoms with van der Waals surface area (Å²) in [4.78, 5) is 17.2. The Morgan fingerprint density at radius 3 is 2.58 bits per heavy atom. The molecule has 3 aromatic rings. The standard InChI is InChI=1S/C30H37N3O3/c1-30(2,3)25-15-7-8-17-27(25)36-28-26(16-10-19-31-28)33-29(34)32-23-13-9-14-24(21-23)35-20-18-22-11-5-4-6-12-22/h7-10,13-17,19,21-22H,4-6,11-12,18,20H2,1-3H3,(H2,32,33,34). The van der Waals surface area contributed by atoms with E-state index in [2.05, 4.69) is 36.4 Å². The van der Waals surface area contributed by atoms with Crippen molar-refractivity contribution in [3.8, 4) is 17.4 Å². The van der Waals surface area contributed by atoms with Gasteiger partial charge in [-0.25, -0.2) is 9.78 Å². The number of carbonyl (C=O) groups is 1. The van der Waals surface area contributed by atoms with E-state index in [4.69, 9.17) is 9.47 Å². The molecule has 2 amide bonds. The lowest BCUT2D eigenvalue weighted by atomic mass is 9.86. The van der Waals surface area contributed by atoms with Crippen LogP contribution < -0.4 is 20.1 Å². The average molecular weight is 488 g/mol. The normalized spacial score (nSPS) is 14.2. The number of urea groups is 1. The summed E-state index contributed by atoms with van der Waals surface area (Å²) < 4.78 is 12.1. The van der Waals surface area contributed by atoms with Crippen molar-refractivity contribution in [3.05, 3.63) is 72.4 Å². The summed E-state index contributed by atoms with van der Waals surface area (Å²) in [5.74, 6) is 2.58. The number of nitrogens with one attached hydrogen (secondary N) is 2. The molecule has 2 aromatic carbocycles. The van der Waals surface area contributed by atoms with Crippen LogP contribution in [0.15, 0.2) is 66.9 Å². The highest BCUT2D eigenvalue weighted by Gasteiger charge is 2.20. The summed E-state index contributed by atoms with van der Waals surface area (Å²) in [6.07, 6.45) is 9.40. The molecule has 6 heteroatoms. The van der Waals surface area contributed by atoms with Crippen LogP contribution in [0.25, 0.3) is 0 Å². The number of benzene rings is 2. The number of nitrogens with zero attached hydrogens (tertiary/aromatic N) is 1. The van der Waals surface area contributed by atoms with Gasteiger partial charge in [0, 0.05) is 23.5 Å². The van der Waals surface area contributed by atoms with Gasteiger partial charge < -0.3 is 20.1 Å². The van der Waals surface area contributed by atoms with Crippen LogP contribution in [0.1, 0.15) is 64.9 Å². The Hall–Kier alpha value is -3.54. The van der Waals surface area contributed by atoms with Gasteiger partial charge in [-0.2, -0.15) is 0 Å². The molecule has 4 rings (SSSR count). The minimum absolute atomic E-state index is 0.0974. The van der Waals surface area contributed by atoms with Crippen molar-refractivity contribution in [1.29, 1.82) is 0 Å². The molecule has 0 bridgehead atoms. The highest BCUT2D eigenvalue weighted by Crippen LogP contribution is 2.35. The third-order valence-electron chi connectivity index (χ3n) is 6.53. The highest BCUT2D eigenvalue weighted by atomic mass is 16.5. The number of hydrogen-bond acceptors (Lipinski definition) is 4. The van der Waals surface area contributed by atoms with E-state index in [-0.39, 0.29) is 11.4 Å². The van der Waals surface area contributed by atoms with Crippen molar-refractivity contribution < 1.29 is 14.3 Å². The van der Waals surface area contributed by atoms with Gasteiger partial charge in [-0.1, -0.05) is 77.1 Å². The molecule has 1 aliphatic rings. The van der Waals surface area contributed by atoms with E-state index in [9.17, 15) is 4.79 Å². The topological polar surface area (TPSA) is 72.5 Å². The third kappa shape index (κ3) is 7.23. The number of anilines is 2. The summed E-state index contributed by atoms with van der Waals surface area (Å²) in [6.45, 7) is 7.10. The maximum Gasteiger partial charge on any atom is 0.323 e. The van der Waals surface area contributed by atoms with Crippen LogP contribution in [0, 0.1) is 5.92 Å². The van der Waals surface area contributed by atoms with Crippen molar-refractivity contribution in [2.24, 2.45) is 5.92 Å². The Kier molecular flexibility index (Phi) is 8.47. The van der Waals surface area contributed by atoms with Crippen LogP contribution in [0.2, 0.25) is 0 Å². The van der Waals surface area contributed by atoms with Gasteiger partial charge in [0.05, 0.1) is 6.61 Å². The molecule has 1 aliphatic carbocycles. The van der Waals surface area contributed by atoms with Crippen molar-refractivity contribution in [1.82, 2.24) is 4.98 Å². The van der Waals surface area contributed by atoms with Gasteiger partial charge in [0.2, 0.25) is 5.88 Å². The summed E-state index contributed by atoms with van der Waals surface area (Å²) in [7, 11) is 0. The minimum Gasteiger partial charge on any atom is -0.494 e. The zero-order valence-electron chi connectivity index (χ0n) is 21.5. The third-order valence-corrected chi connectivity index (χ3v) is 6.53. The van der Waals surface area contributed by atoms with E-state index in [1.165, 1.54) is 32.1 Å². The van der Waals surface area contributed by atoms with Crippen LogP contribution in [-0.4, -0.2) is 17.6 Å². The predicted octanol–water partition coefficient (Wildman–Crippen LogP) is 8.16. The number of amides is 2. The molecule has 6 nitrogen and oxygen atoms in total. The number of carbonyl (C=O) groups excluding carboxylic acids is 1. The number of rotatable bonds is 8. The average Bonchev–Trinajstić information content (AvgIpc) is 2.86. The number of ether oxygens (including phenoxy) is 2. The second kappa shape index (κ2) is 11.9. The zero-order valence-corrected chi connectivity index (χ0v) is 21.5. The second-order valence-electron chi connectivity index (χ2n) is 10.5. The smallest absolute Gasteiger partial charge is 0.323 e. The van der Waals surface area contributed by atoms with E-state index in [1.54, 1.807) is 18.3 Å². The van der Waals surface area contributed by atoms with Gasteiger partial charge in [-0.3, -0.25) is 0 Å². The summed E-state index contributed by atoms with van der Waals surface area (Å²) >= 11 is 0. The minimum atomic E-state index is -0.378. The fourth-order valence-corrected chi connectivity index (χ4v) is 4.61. The Morgan fingerprint density at radius 1 is 0.972 bits per heavy atom. The maximum absolute atomic E-state index is 12.8. The zero-order chi connectivity index (χ0) is 25.4. The van der Waals surface area contributed by atoms with Crippen LogP contribution in [0.4, 0.5) is 16.2 Å². The lowest BCUT2D eigenvalue weighted by Gasteiger charge is -2.22. The molecule has 1 aromatic heterocycles. The molecule has 0 unspecified atom stereocenters. The maximum atomic E-state index is 12.8. The predicted molar refractivity (Wildman–Crippen MR) is 145 cm³/mol. The van der Waals surface area contributed by atoms with Gasteiger partial charge >= 0.3 is 6.03 Å². The molecule has 1 fully saturated rings. The fourth-order valence-electron chi connectivity index (χ4n) is 4.61. The van der Waals surface area contributed by atoms with E-state index in [0.717, 1.165) is 23.7 Å². The molecule has 2 N–H and O–H groups in total. The van der Waals surface area contributed by atoms with Crippen molar-refractivity contribution in [2.75, 3.05) is 17.2 Å². The van der Waals surface area contributed by atoms with Gasteiger partial charge in [0.1, 0.15) is 17.2 Å². The van der Waals surface area contributed by atoms with E-state index >= 15 is 0 Å². The van der Waals surface area contributed by atoms with Crippen molar-refractivity contribution in [2.45, 2.75) is 64.7 Å². The van der Waals surface area contributed by atoms with E-state index in [1.807, 2.05) is 48.5 Å². The summed E-state index contributed by atoms with van der Waals surface area (Å²) in [5, 5.41) is 5.75. The fraction of sp³-hybridized carbons (Fsp3) is 0.400. The first kappa shape index (κ1) is 25.5. The van der Waals surface area contributed by atoms with E-state index < -0.39 is 0 Å². The SMILES string of the molecule is CC(C)(C)c1ccccc1Oc1ncccc1NC(=O)Nc1cccc(OCCC2CCCCC2)c1. The van der Waals surface area contributed by atoms with Crippen LogP contribution in [0.3, 0.4) is 0 Å². The largest absolute Gasteiger partial charge is 0.494 e. The Labute approximate surface area is 214 Å². The Bertz CT molecular complexity index is 1150. The molecular weight excluding hydrogens is 450 g/mol. The van der Waals surface area contributed by atoms with Crippen LogP contribution in [-0.2, 0) is 5.41 Å². The molecule has 0 atom stereocenters. The van der Waals surface area contributed by atoms with Crippen molar-refractivity contribution >= 4 is 17.4 Å². The lowest BCUT2D eigenvalue weighted by Crippen LogP contribution is -2.20. The molecule has 0 radical (unpaired) electrons. The van der Waals surface area contributed by atoms with Gasteiger partial charge in [0.25, 0.3) is 0 Å². The molecule has 0 spiro atoms. The molecule has 36 heavy (non-hydrogen) atoms. The second-order valence-corrected chi connectivity index (χ2v) is 10.5. The molecule has 0 aliphatic heterocycles. The van der Waals surface area contributed by atoms with Crippen molar-refractivity contribution in [3.63, 3.8) is 0 Å². The molecular formula is C30H37N3O3. The van der Waals surface area contributed by atoms with E-state index in [0.29, 0.717) is 29.6 Å². The highest BCUT2D eigenvalue weighted by molar-refractivity contribution is 6.00. The number of para-hydroxylation sites is 1. The van der Waals surface area contributed by atoms with Crippen LogP contribution >= 0.6 is 0 Å². The van der Waals surface area contributed by atoms with Gasteiger partial charge in [0.15, 0.2) is 0 Å². The number of hydrogen-bond donors (Lipinski definition) is 2. The molecule has 0 saturated heterocycles. The summed E-state index contributed by atoms with van der Waals surface area (Å²) in [6, 6.07) is 18.5. The Balaban J connectivity index is 1.36. The molecule has 190 valence electrons. The monoisotopic (exact) mass is 487 g/mol. The summed E-state index contributed by atoms with van der Waals surface area (Å²) in [5.41, 5.74) is 2.11. The van der Waals surface area contributed by atoms with Crippen LogP contribution in [0.5, 0.6) is 17.4 Å². The Morgan fingerprint density at radius 2 is 1.78 bits per heavy atom. The molecule has 1 heterocycles. The van der Waals surface area contributed by atoms with Gasteiger partial charge in [-0.05, 0) is 48.1 Å². The van der Waals surface area contributed by atoms with Gasteiger partial charge in [-0.15, -0.1) is 0 Å². The first-order chi connectivity index (χ1) is 17.4. The first-order valence-corrected chi connectivity index (χ1v) is 12.9. The number of aromatic nitrogens is 1. The lowest BCUT2D eigenvalue weighted by molar-refractivity contribution is 0.246. The quantitative estimate of drug-likeness (QED) is 0.336. The molecule has 1 saturated carbocycles. The number of pyridine rings is 1. The first-order valence-electron chi connectivity index (χ1n) is 12.9.